The smallest absolute Gasteiger partial charge is 0.177 e. The van der Waals surface area contributed by atoms with Crippen LogP contribution in [0.2, 0.25) is 12.6 Å². The van der Waals surface area contributed by atoms with E-state index in [1.54, 1.807) is 6.07 Å². The van der Waals surface area contributed by atoms with Crippen molar-refractivity contribution < 1.29 is 0 Å². The van der Waals surface area contributed by atoms with Crippen LogP contribution >= 0.6 is 0 Å². The molecule has 0 spiro atoms. The molecule has 19 heavy (non-hydrogen) atoms. The summed E-state index contributed by atoms with van der Waals surface area (Å²) in [5.74, 6) is 0. The normalized spacial score (nSPS) is 19.8. The van der Waals surface area contributed by atoms with Gasteiger partial charge in [0.15, 0.2) is 6.71 Å². The molecule has 1 aliphatic rings. The summed E-state index contributed by atoms with van der Waals surface area (Å²) in [6, 6.07) is 9.87. The highest BCUT2D eigenvalue weighted by atomic mass is 14.4. The predicted molar refractivity (Wildman–Crippen MR) is 78.4 cm³/mol. The van der Waals surface area contributed by atoms with Crippen LogP contribution in [0.1, 0.15) is 38.8 Å². The molecule has 2 nitrogen and oxygen atoms in total. The topological polar surface area (TPSA) is 47.6 Å². The lowest BCUT2D eigenvalue weighted by molar-refractivity contribution is 0.177. The Hall–Kier alpha value is -1.74. The molecule has 1 fully saturated rings. The highest BCUT2D eigenvalue weighted by Crippen LogP contribution is 2.52. The molecule has 0 aliphatic carbocycles. The minimum Gasteiger partial charge on any atom is -0.192 e. The van der Waals surface area contributed by atoms with E-state index in [1.807, 2.05) is 12.1 Å². The highest BCUT2D eigenvalue weighted by molar-refractivity contribution is 6.74. The fourth-order valence-corrected chi connectivity index (χ4v) is 3.11. The van der Waals surface area contributed by atoms with Gasteiger partial charge in [-0.25, -0.2) is 0 Å². The lowest BCUT2D eigenvalue weighted by Crippen LogP contribution is -2.28. The van der Waals surface area contributed by atoms with Crippen LogP contribution in [0.5, 0.6) is 0 Å². The molecular formula is C16H19BN2. The first-order valence-electron chi connectivity index (χ1n) is 6.74. The summed E-state index contributed by atoms with van der Waals surface area (Å²) >= 11 is 0. The van der Waals surface area contributed by atoms with E-state index in [1.165, 1.54) is 0 Å². The molecule has 2 rings (SSSR count). The second kappa shape index (κ2) is 4.43. The number of nitriles is 2. The first kappa shape index (κ1) is 13.7. The van der Waals surface area contributed by atoms with Gasteiger partial charge in [-0.05, 0) is 29.0 Å². The molecule has 0 radical (unpaired) electrons. The molecule has 0 N–H and O–H groups in total. The minimum absolute atomic E-state index is 0.285. The molecule has 1 aliphatic heterocycles. The number of hydrogen-bond donors (Lipinski definition) is 0. The van der Waals surface area contributed by atoms with Gasteiger partial charge in [0, 0.05) is 0 Å². The Morgan fingerprint density at radius 3 is 1.68 bits per heavy atom. The van der Waals surface area contributed by atoms with Crippen molar-refractivity contribution in [1.82, 2.24) is 0 Å². The van der Waals surface area contributed by atoms with Crippen molar-refractivity contribution >= 4 is 12.2 Å². The lowest BCUT2D eigenvalue weighted by Gasteiger charge is -2.35. The van der Waals surface area contributed by atoms with Crippen LogP contribution in [0.3, 0.4) is 0 Å². The SMILES string of the molecule is CC1(C)CB(c2cc(C#N)cc(C#N)c2)CC1(C)C. The Balaban J connectivity index is 2.40. The van der Waals surface area contributed by atoms with Crippen molar-refractivity contribution in [3.63, 3.8) is 0 Å². The van der Waals surface area contributed by atoms with E-state index in [0.29, 0.717) is 17.8 Å². The number of nitrogens with zero attached hydrogens (tertiary/aromatic N) is 2. The van der Waals surface area contributed by atoms with Gasteiger partial charge < -0.3 is 0 Å². The van der Waals surface area contributed by atoms with Crippen molar-refractivity contribution in [3.05, 3.63) is 29.3 Å². The second-order valence-corrected chi connectivity index (χ2v) is 6.94. The van der Waals surface area contributed by atoms with E-state index in [2.05, 4.69) is 39.8 Å². The zero-order valence-corrected chi connectivity index (χ0v) is 12.1. The molecular weight excluding hydrogens is 231 g/mol. The summed E-state index contributed by atoms with van der Waals surface area (Å²) in [6.07, 6.45) is 2.22. The molecule has 1 aromatic carbocycles. The molecule has 1 heterocycles. The highest BCUT2D eigenvalue weighted by Gasteiger charge is 2.48. The van der Waals surface area contributed by atoms with Crippen molar-refractivity contribution in [3.8, 4) is 12.1 Å². The maximum absolute atomic E-state index is 9.07. The average Bonchev–Trinajstić information content (AvgIpc) is 2.58. The van der Waals surface area contributed by atoms with Crippen molar-refractivity contribution in [2.24, 2.45) is 10.8 Å². The Bertz CT molecular complexity index is 539. The summed E-state index contributed by atoms with van der Waals surface area (Å²) in [5.41, 5.74) is 2.91. The van der Waals surface area contributed by atoms with Crippen molar-refractivity contribution in [2.45, 2.75) is 40.3 Å². The maximum atomic E-state index is 9.07. The van der Waals surface area contributed by atoms with Gasteiger partial charge in [-0.15, -0.1) is 0 Å². The Morgan fingerprint density at radius 2 is 1.32 bits per heavy atom. The van der Waals surface area contributed by atoms with Gasteiger partial charge in [0.2, 0.25) is 0 Å². The molecule has 0 bridgehead atoms. The summed E-state index contributed by atoms with van der Waals surface area (Å²) < 4.78 is 0. The lowest BCUT2D eigenvalue weighted by atomic mass is 9.42. The Labute approximate surface area is 116 Å². The zero-order chi connectivity index (χ0) is 14.3. The standard InChI is InChI=1S/C16H19BN2/c1-15(2)10-17(11-16(15,3)4)14-6-12(8-18)5-13(7-14)9-19/h5-7H,10-11H2,1-4H3. The van der Waals surface area contributed by atoms with E-state index < -0.39 is 0 Å². The van der Waals surface area contributed by atoms with E-state index in [-0.39, 0.29) is 10.8 Å². The van der Waals surface area contributed by atoms with Crippen LogP contribution in [-0.4, -0.2) is 6.71 Å². The zero-order valence-electron chi connectivity index (χ0n) is 12.1. The second-order valence-electron chi connectivity index (χ2n) is 6.94. The Morgan fingerprint density at radius 1 is 0.895 bits per heavy atom. The summed E-state index contributed by atoms with van der Waals surface area (Å²) in [4.78, 5) is 0. The van der Waals surface area contributed by atoms with Crippen LogP contribution < -0.4 is 5.46 Å². The number of rotatable bonds is 1. The van der Waals surface area contributed by atoms with Gasteiger partial charge in [0.25, 0.3) is 0 Å². The van der Waals surface area contributed by atoms with Gasteiger partial charge in [-0.3, -0.25) is 0 Å². The largest absolute Gasteiger partial charge is 0.192 e. The van der Waals surface area contributed by atoms with Crippen molar-refractivity contribution in [1.29, 1.82) is 10.5 Å². The van der Waals surface area contributed by atoms with Crippen LogP contribution in [-0.2, 0) is 0 Å². The van der Waals surface area contributed by atoms with Crippen LogP contribution in [0, 0.1) is 33.5 Å². The fraction of sp³-hybridized carbons (Fsp3) is 0.500. The molecule has 1 saturated heterocycles. The molecule has 0 atom stereocenters. The first-order chi connectivity index (χ1) is 8.79. The molecule has 3 heteroatoms. The third-order valence-corrected chi connectivity index (χ3v) is 5.03. The first-order valence-corrected chi connectivity index (χ1v) is 6.74. The fourth-order valence-electron chi connectivity index (χ4n) is 3.11. The maximum Gasteiger partial charge on any atom is 0.177 e. The summed E-state index contributed by atoms with van der Waals surface area (Å²) in [6.45, 7) is 9.70. The van der Waals surface area contributed by atoms with E-state index in [4.69, 9.17) is 10.5 Å². The average molecular weight is 250 g/mol. The number of benzene rings is 1. The molecule has 1 aromatic rings. The van der Waals surface area contributed by atoms with E-state index >= 15 is 0 Å². The predicted octanol–water partition coefficient (Wildman–Crippen LogP) is 3.20. The molecule has 0 aromatic heterocycles. The van der Waals surface area contributed by atoms with Crippen LogP contribution in [0.25, 0.3) is 0 Å². The van der Waals surface area contributed by atoms with Crippen LogP contribution in [0.4, 0.5) is 0 Å². The summed E-state index contributed by atoms with van der Waals surface area (Å²) in [5, 5.41) is 18.1. The van der Waals surface area contributed by atoms with Gasteiger partial charge in [0.1, 0.15) is 0 Å². The van der Waals surface area contributed by atoms with Crippen molar-refractivity contribution in [2.75, 3.05) is 0 Å². The third kappa shape index (κ3) is 2.38. The quantitative estimate of drug-likeness (QED) is 0.718. The van der Waals surface area contributed by atoms with Crippen LogP contribution in [0.15, 0.2) is 18.2 Å². The van der Waals surface area contributed by atoms with Gasteiger partial charge >= 0.3 is 0 Å². The van der Waals surface area contributed by atoms with Gasteiger partial charge in [-0.2, -0.15) is 10.5 Å². The molecule has 0 unspecified atom stereocenters. The monoisotopic (exact) mass is 250 g/mol. The molecule has 96 valence electrons. The molecule has 0 saturated carbocycles. The Kier molecular flexibility index (Phi) is 3.19. The minimum atomic E-state index is 0.285. The van der Waals surface area contributed by atoms with Gasteiger partial charge in [0.05, 0.1) is 23.3 Å². The molecule has 0 amide bonds. The van der Waals surface area contributed by atoms with E-state index in [0.717, 1.165) is 18.1 Å². The van der Waals surface area contributed by atoms with E-state index in [9.17, 15) is 0 Å². The van der Waals surface area contributed by atoms with Gasteiger partial charge in [-0.1, -0.05) is 45.8 Å². The summed E-state index contributed by atoms with van der Waals surface area (Å²) in [7, 11) is 0. The third-order valence-electron chi connectivity index (χ3n) is 5.03. The number of hydrogen-bond acceptors (Lipinski definition) is 2.